The molecule has 0 spiro atoms. The van der Waals surface area contributed by atoms with Crippen molar-refractivity contribution in [2.45, 2.75) is 45.1 Å². The fraction of sp³-hybridized carbons (Fsp3) is 0.600. The zero-order chi connectivity index (χ0) is 13.1. The number of halogens is 2. The molecular weight excluding hydrogens is 234 g/mol. The summed E-state index contributed by atoms with van der Waals surface area (Å²) in [7, 11) is 0. The molecule has 1 aromatic rings. The topological polar surface area (TPSA) is 20.2 Å². The smallest absolute Gasteiger partial charge is 0.129 e. The number of hydrogen-bond donors (Lipinski definition) is 1. The lowest BCUT2D eigenvalue weighted by molar-refractivity contribution is 0.0706. The van der Waals surface area contributed by atoms with Crippen molar-refractivity contribution in [1.82, 2.24) is 0 Å². The minimum Gasteiger partial charge on any atom is -0.392 e. The molecule has 0 heterocycles. The molecule has 1 aromatic carbocycles. The van der Waals surface area contributed by atoms with Gasteiger partial charge in [-0.1, -0.05) is 25.8 Å². The zero-order valence-electron chi connectivity index (χ0n) is 10.7. The third-order valence-electron chi connectivity index (χ3n) is 4.00. The van der Waals surface area contributed by atoms with Crippen LogP contribution in [0.25, 0.3) is 0 Å². The predicted molar refractivity (Wildman–Crippen MR) is 67.2 cm³/mol. The molecule has 0 saturated heterocycles. The van der Waals surface area contributed by atoms with Gasteiger partial charge in [0.25, 0.3) is 0 Å². The molecular formula is C15H20F2O. The van der Waals surface area contributed by atoms with Crippen LogP contribution in [-0.4, -0.2) is 11.2 Å². The summed E-state index contributed by atoms with van der Waals surface area (Å²) in [6, 6.07) is 3.84. The van der Waals surface area contributed by atoms with Crippen molar-refractivity contribution in [2.24, 2.45) is 11.8 Å². The third kappa shape index (κ3) is 3.08. The molecule has 2 rings (SSSR count). The lowest BCUT2D eigenvalue weighted by Crippen LogP contribution is -2.28. The van der Waals surface area contributed by atoms with E-state index in [9.17, 15) is 13.9 Å². The molecule has 3 unspecified atom stereocenters. The number of hydrogen-bond acceptors (Lipinski definition) is 1. The van der Waals surface area contributed by atoms with Gasteiger partial charge in [0.1, 0.15) is 11.6 Å². The summed E-state index contributed by atoms with van der Waals surface area (Å²) < 4.78 is 27.0. The van der Waals surface area contributed by atoms with E-state index in [0.717, 1.165) is 19.3 Å². The highest BCUT2D eigenvalue weighted by molar-refractivity contribution is 5.20. The first-order chi connectivity index (χ1) is 8.58. The first-order valence-corrected chi connectivity index (χ1v) is 6.69. The highest BCUT2D eigenvalue weighted by Gasteiger charge is 2.26. The van der Waals surface area contributed by atoms with Gasteiger partial charge in [0.05, 0.1) is 6.10 Å². The summed E-state index contributed by atoms with van der Waals surface area (Å²) in [6.07, 6.45) is 3.65. The van der Waals surface area contributed by atoms with Gasteiger partial charge in [-0.25, -0.2) is 8.78 Å². The highest BCUT2D eigenvalue weighted by Crippen LogP contribution is 2.32. The second kappa shape index (κ2) is 5.79. The molecule has 0 aliphatic heterocycles. The maximum Gasteiger partial charge on any atom is 0.129 e. The Morgan fingerprint density at radius 2 is 1.94 bits per heavy atom. The van der Waals surface area contributed by atoms with Crippen molar-refractivity contribution >= 4 is 0 Å². The summed E-state index contributed by atoms with van der Waals surface area (Å²) in [6.45, 7) is 2.17. The van der Waals surface area contributed by atoms with Gasteiger partial charge in [0.15, 0.2) is 0 Å². The van der Waals surface area contributed by atoms with Gasteiger partial charge < -0.3 is 5.11 Å². The molecule has 1 saturated carbocycles. The Bertz CT molecular complexity index is 385. The molecule has 1 nitrogen and oxygen atoms in total. The van der Waals surface area contributed by atoms with Gasteiger partial charge in [-0.15, -0.1) is 0 Å². The molecule has 18 heavy (non-hydrogen) atoms. The monoisotopic (exact) mass is 254 g/mol. The zero-order valence-corrected chi connectivity index (χ0v) is 10.7. The maximum atomic E-state index is 13.5. The van der Waals surface area contributed by atoms with Crippen LogP contribution in [0.4, 0.5) is 8.78 Å². The SMILES string of the molecule is CC1CCCC(C(O)Cc2c(F)cccc2F)C1. The quantitative estimate of drug-likeness (QED) is 0.872. The molecule has 0 aromatic heterocycles. The Kier molecular flexibility index (Phi) is 4.33. The fourth-order valence-corrected chi connectivity index (χ4v) is 2.93. The van der Waals surface area contributed by atoms with E-state index in [0.29, 0.717) is 5.92 Å². The number of aliphatic hydroxyl groups excluding tert-OH is 1. The van der Waals surface area contributed by atoms with Gasteiger partial charge in [0.2, 0.25) is 0 Å². The maximum absolute atomic E-state index is 13.5. The molecule has 1 fully saturated rings. The van der Waals surface area contributed by atoms with E-state index >= 15 is 0 Å². The Hall–Kier alpha value is -0.960. The average Bonchev–Trinajstić information content (AvgIpc) is 2.34. The van der Waals surface area contributed by atoms with E-state index in [-0.39, 0.29) is 17.9 Å². The van der Waals surface area contributed by atoms with Crippen LogP contribution < -0.4 is 0 Å². The Morgan fingerprint density at radius 1 is 1.28 bits per heavy atom. The Morgan fingerprint density at radius 3 is 2.56 bits per heavy atom. The molecule has 100 valence electrons. The van der Waals surface area contributed by atoms with Crippen LogP contribution in [0.1, 0.15) is 38.2 Å². The lowest BCUT2D eigenvalue weighted by Gasteiger charge is -2.30. The van der Waals surface area contributed by atoms with E-state index in [1.807, 2.05) is 0 Å². The van der Waals surface area contributed by atoms with Crippen molar-refractivity contribution < 1.29 is 13.9 Å². The van der Waals surface area contributed by atoms with Crippen LogP contribution in [-0.2, 0) is 6.42 Å². The number of aliphatic hydroxyl groups is 1. The van der Waals surface area contributed by atoms with Gasteiger partial charge in [-0.3, -0.25) is 0 Å². The average molecular weight is 254 g/mol. The second-order valence-corrected chi connectivity index (χ2v) is 5.50. The van der Waals surface area contributed by atoms with Gasteiger partial charge in [-0.2, -0.15) is 0 Å². The minimum atomic E-state index is -0.640. The summed E-state index contributed by atoms with van der Waals surface area (Å²) >= 11 is 0. The van der Waals surface area contributed by atoms with Gasteiger partial charge in [0, 0.05) is 12.0 Å². The van der Waals surface area contributed by atoms with Gasteiger partial charge >= 0.3 is 0 Å². The molecule has 3 atom stereocenters. The van der Waals surface area contributed by atoms with Crippen LogP contribution in [0.15, 0.2) is 18.2 Å². The molecule has 0 amide bonds. The van der Waals surface area contributed by atoms with Crippen molar-refractivity contribution in [3.05, 3.63) is 35.4 Å². The summed E-state index contributed by atoms with van der Waals surface area (Å²) in [5.41, 5.74) is 0.0169. The molecule has 3 heteroatoms. The van der Waals surface area contributed by atoms with Gasteiger partial charge in [-0.05, 0) is 36.8 Å². The second-order valence-electron chi connectivity index (χ2n) is 5.50. The summed E-state index contributed by atoms with van der Waals surface area (Å²) in [4.78, 5) is 0. The van der Waals surface area contributed by atoms with Crippen LogP contribution >= 0.6 is 0 Å². The van der Waals surface area contributed by atoms with E-state index in [4.69, 9.17) is 0 Å². The molecule has 1 aliphatic carbocycles. The van der Waals surface area contributed by atoms with E-state index < -0.39 is 17.7 Å². The first kappa shape index (κ1) is 13.5. The highest BCUT2D eigenvalue weighted by atomic mass is 19.1. The van der Waals surface area contributed by atoms with Crippen LogP contribution in [0.5, 0.6) is 0 Å². The van der Waals surface area contributed by atoms with E-state index in [1.54, 1.807) is 0 Å². The van der Waals surface area contributed by atoms with E-state index in [1.165, 1.54) is 24.6 Å². The molecule has 1 aliphatic rings. The van der Waals surface area contributed by atoms with Crippen LogP contribution in [0.2, 0.25) is 0 Å². The number of rotatable bonds is 3. The summed E-state index contributed by atoms with van der Waals surface area (Å²) in [5, 5.41) is 10.2. The lowest BCUT2D eigenvalue weighted by atomic mass is 9.78. The van der Waals surface area contributed by atoms with E-state index in [2.05, 4.69) is 6.92 Å². The molecule has 0 radical (unpaired) electrons. The molecule has 1 N–H and O–H groups in total. The third-order valence-corrected chi connectivity index (χ3v) is 4.00. The Labute approximate surface area is 107 Å². The number of benzene rings is 1. The van der Waals surface area contributed by atoms with Crippen molar-refractivity contribution in [3.8, 4) is 0 Å². The summed E-state index contributed by atoms with van der Waals surface area (Å²) in [5.74, 6) is -0.340. The van der Waals surface area contributed by atoms with Crippen LogP contribution in [0.3, 0.4) is 0 Å². The minimum absolute atomic E-state index is 0.0169. The standard InChI is InChI=1S/C15H20F2O/c1-10-4-2-5-11(8-10)15(18)9-12-13(16)6-3-7-14(12)17/h3,6-7,10-11,15,18H,2,4-5,8-9H2,1H3. The van der Waals surface area contributed by atoms with Crippen LogP contribution in [0, 0.1) is 23.5 Å². The first-order valence-electron chi connectivity index (χ1n) is 6.69. The fourth-order valence-electron chi connectivity index (χ4n) is 2.93. The molecule has 0 bridgehead atoms. The van der Waals surface area contributed by atoms with Crippen molar-refractivity contribution in [1.29, 1.82) is 0 Å². The van der Waals surface area contributed by atoms with Crippen molar-refractivity contribution in [2.75, 3.05) is 0 Å². The largest absolute Gasteiger partial charge is 0.392 e. The normalized spacial score (nSPS) is 26.0. The van der Waals surface area contributed by atoms with Crippen molar-refractivity contribution in [3.63, 3.8) is 0 Å². The predicted octanol–water partition coefficient (Wildman–Crippen LogP) is 3.69. The Balaban J connectivity index is 2.04.